The van der Waals surface area contributed by atoms with E-state index in [0.29, 0.717) is 0 Å². The quantitative estimate of drug-likeness (QED) is 0.711. The van der Waals surface area contributed by atoms with Crippen molar-refractivity contribution in [2.75, 3.05) is 6.61 Å². The average molecular weight is 407 g/mol. The molecule has 0 aliphatic heterocycles. The number of nitrogens with one attached hydrogen (secondary N) is 2. The average Bonchev–Trinajstić information content (AvgIpc) is 2.62. The number of aromatic nitrogens is 1. The molecule has 0 saturated carbocycles. The van der Waals surface area contributed by atoms with Crippen molar-refractivity contribution in [1.82, 2.24) is 15.6 Å². The van der Waals surface area contributed by atoms with Gasteiger partial charge in [-0.3, -0.25) is 0 Å². The Bertz CT molecular complexity index is 808. The molecule has 0 atom stereocenters. The first-order valence-corrected chi connectivity index (χ1v) is 7.86. The first-order chi connectivity index (χ1) is 13.0. The Labute approximate surface area is 155 Å². The number of urea groups is 1. The zero-order valence-electron chi connectivity index (χ0n) is 14.2. The Kier molecular flexibility index (Phi) is 6.71. The van der Waals surface area contributed by atoms with Crippen LogP contribution in [0.2, 0.25) is 0 Å². The van der Waals surface area contributed by atoms with Gasteiger partial charge in [-0.1, -0.05) is 18.2 Å². The zero-order valence-corrected chi connectivity index (χ0v) is 14.2. The fourth-order valence-electron chi connectivity index (χ4n) is 2.12. The van der Waals surface area contributed by atoms with E-state index in [1.165, 1.54) is 30.5 Å². The van der Waals surface area contributed by atoms with Crippen LogP contribution in [0.5, 0.6) is 5.88 Å². The van der Waals surface area contributed by atoms with E-state index in [2.05, 4.69) is 20.4 Å². The van der Waals surface area contributed by atoms with E-state index in [-0.39, 0.29) is 30.1 Å². The second-order valence-electron chi connectivity index (χ2n) is 5.61. The van der Waals surface area contributed by atoms with Crippen molar-refractivity contribution in [3.8, 4) is 5.88 Å². The molecule has 0 unspecified atom stereocenters. The van der Waals surface area contributed by atoms with Gasteiger partial charge in [-0.05, 0) is 23.8 Å². The molecule has 1 heterocycles. The number of halogens is 6. The maximum absolute atomic E-state index is 12.7. The molecule has 0 bridgehead atoms. The highest BCUT2D eigenvalue weighted by Gasteiger charge is 2.30. The number of amides is 2. The van der Waals surface area contributed by atoms with E-state index in [0.717, 1.165) is 12.1 Å². The lowest BCUT2D eigenvalue weighted by Crippen LogP contribution is -2.34. The monoisotopic (exact) mass is 407 g/mol. The highest BCUT2D eigenvalue weighted by Crippen LogP contribution is 2.29. The maximum atomic E-state index is 12.7. The summed E-state index contributed by atoms with van der Waals surface area (Å²) in [5, 5.41) is 4.74. The van der Waals surface area contributed by atoms with Crippen molar-refractivity contribution in [3.63, 3.8) is 0 Å². The third kappa shape index (κ3) is 6.97. The molecular formula is C17H15F6N3O2. The van der Waals surface area contributed by atoms with Gasteiger partial charge in [0.1, 0.15) is 0 Å². The summed E-state index contributed by atoms with van der Waals surface area (Å²) >= 11 is 0. The standard InChI is InChI=1S/C17H15F6N3O2/c18-16(19,20)10-28-14-12(4-2-6-24-14)9-26-15(27)25-8-11-3-1-5-13(7-11)17(21,22)23/h1-7H,8-10H2,(H2,25,26,27). The number of hydrogen-bond acceptors (Lipinski definition) is 3. The van der Waals surface area contributed by atoms with Gasteiger partial charge in [0.05, 0.1) is 5.56 Å². The number of carbonyl (C=O) groups excluding carboxylic acids is 1. The van der Waals surface area contributed by atoms with Crippen LogP contribution in [-0.4, -0.2) is 23.8 Å². The van der Waals surface area contributed by atoms with Crippen LogP contribution in [0.1, 0.15) is 16.7 Å². The summed E-state index contributed by atoms with van der Waals surface area (Å²) in [6.45, 7) is -1.88. The maximum Gasteiger partial charge on any atom is 0.422 e. The largest absolute Gasteiger partial charge is 0.468 e. The highest BCUT2D eigenvalue weighted by molar-refractivity contribution is 5.73. The lowest BCUT2D eigenvalue weighted by molar-refractivity contribution is -0.154. The number of alkyl halides is 6. The van der Waals surface area contributed by atoms with Gasteiger partial charge in [-0.2, -0.15) is 26.3 Å². The number of ether oxygens (including phenoxy) is 1. The minimum Gasteiger partial charge on any atom is -0.468 e. The van der Waals surface area contributed by atoms with Crippen LogP contribution in [0.3, 0.4) is 0 Å². The molecule has 0 radical (unpaired) electrons. The molecule has 5 nitrogen and oxygen atoms in total. The first-order valence-electron chi connectivity index (χ1n) is 7.86. The van der Waals surface area contributed by atoms with Crippen LogP contribution in [0, 0.1) is 0 Å². The molecule has 152 valence electrons. The van der Waals surface area contributed by atoms with Crippen LogP contribution < -0.4 is 15.4 Å². The lowest BCUT2D eigenvalue weighted by atomic mass is 10.1. The summed E-state index contributed by atoms with van der Waals surface area (Å²) in [5.41, 5.74) is -0.393. The van der Waals surface area contributed by atoms with Crippen LogP contribution in [0.15, 0.2) is 42.6 Å². The molecule has 0 saturated heterocycles. The molecule has 0 aliphatic rings. The molecule has 28 heavy (non-hydrogen) atoms. The van der Waals surface area contributed by atoms with E-state index in [9.17, 15) is 31.1 Å². The van der Waals surface area contributed by atoms with Crippen molar-refractivity contribution in [2.24, 2.45) is 0 Å². The van der Waals surface area contributed by atoms with E-state index in [1.807, 2.05) is 0 Å². The van der Waals surface area contributed by atoms with Gasteiger partial charge < -0.3 is 15.4 Å². The highest BCUT2D eigenvalue weighted by atomic mass is 19.4. The summed E-state index contributed by atoms with van der Waals surface area (Å²) in [5.74, 6) is -0.280. The number of hydrogen-bond donors (Lipinski definition) is 2. The van der Waals surface area contributed by atoms with Crippen LogP contribution >= 0.6 is 0 Å². The van der Waals surface area contributed by atoms with Gasteiger partial charge in [0.25, 0.3) is 0 Å². The second kappa shape index (κ2) is 8.81. The molecule has 1 aromatic carbocycles. The summed E-state index contributed by atoms with van der Waals surface area (Å²) in [6.07, 6.45) is -7.79. The van der Waals surface area contributed by atoms with Crippen molar-refractivity contribution in [2.45, 2.75) is 25.4 Å². The van der Waals surface area contributed by atoms with Crippen LogP contribution in [-0.2, 0) is 19.3 Å². The predicted octanol–water partition coefficient (Wildman–Crippen LogP) is 4.04. The van der Waals surface area contributed by atoms with E-state index < -0.39 is 30.6 Å². The zero-order chi connectivity index (χ0) is 20.8. The van der Waals surface area contributed by atoms with Gasteiger partial charge in [-0.15, -0.1) is 0 Å². The molecule has 0 fully saturated rings. The molecular weight excluding hydrogens is 392 g/mol. The molecule has 2 rings (SSSR count). The van der Waals surface area contributed by atoms with Crippen molar-refractivity contribution < 1.29 is 35.9 Å². The summed E-state index contributed by atoms with van der Waals surface area (Å²) in [7, 11) is 0. The number of benzene rings is 1. The Balaban J connectivity index is 1.88. The molecule has 11 heteroatoms. The van der Waals surface area contributed by atoms with Crippen molar-refractivity contribution in [3.05, 3.63) is 59.3 Å². The second-order valence-corrected chi connectivity index (χ2v) is 5.61. The fraction of sp³-hybridized carbons (Fsp3) is 0.294. The smallest absolute Gasteiger partial charge is 0.422 e. The van der Waals surface area contributed by atoms with E-state index in [1.54, 1.807) is 0 Å². The minimum absolute atomic E-state index is 0.166. The van der Waals surface area contributed by atoms with E-state index >= 15 is 0 Å². The lowest BCUT2D eigenvalue weighted by Gasteiger charge is -2.13. The first kappa shape index (κ1) is 21.3. The number of nitrogens with zero attached hydrogens (tertiary/aromatic N) is 1. The van der Waals surface area contributed by atoms with Gasteiger partial charge in [0.15, 0.2) is 6.61 Å². The Morgan fingerprint density at radius 3 is 2.39 bits per heavy atom. The summed E-state index contributed by atoms with van der Waals surface area (Å²) in [4.78, 5) is 15.5. The molecule has 0 spiro atoms. The normalized spacial score (nSPS) is 11.8. The van der Waals surface area contributed by atoms with Crippen molar-refractivity contribution >= 4 is 6.03 Å². The fourth-order valence-corrected chi connectivity index (χ4v) is 2.12. The van der Waals surface area contributed by atoms with E-state index in [4.69, 9.17) is 0 Å². The molecule has 1 aromatic heterocycles. The van der Waals surface area contributed by atoms with Crippen LogP contribution in [0.25, 0.3) is 0 Å². The summed E-state index contributed by atoms with van der Waals surface area (Å²) < 4.78 is 79.3. The predicted molar refractivity (Wildman–Crippen MR) is 86.3 cm³/mol. The van der Waals surface area contributed by atoms with Crippen molar-refractivity contribution in [1.29, 1.82) is 0 Å². The van der Waals surface area contributed by atoms with Gasteiger partial charge in [-0.25, -0.2) is 9.78 Å². The number of rotatable bonds is 6. The molecule has 2 aromatic rings. The van der Waals surface area contributed by atoms with Gasteiger partial charge in [0, 0.05) is 24.8 Å². The number of carbonyl (C=O) groups is 1. The van der Waals surface area contributed by atoms with Gasteiger partial charge in [0.2, 0.25) is 5.88 Å². The molecule has 2 N–H and O–H groups in total. The van der Waals surface area contributed by atoms with Crippen LogP contribution in [0.4, 0.5) is 31.1 Å². The Morgan fingerprint density at radius 2 is 1.71 bits per heavy atom. The van der Waals surface area contributed by atoms with Gasteiger partial charge >= 0.3 is 18.4 Å². The number of pyridine rings is 1. The molecule has 2 amide bonds. The summed E-state index contributed by atoms with van der Waals surface area (Å²) in [6, 6.07) is 6.61. The molecule has 0 aliphatic carbocycles. The third-order valence-electron chi connectivity index (χ3n) is 3.37. The Hall–Kier alpha value is -2.98. The minimum atomic E-state index is -4.54. The Morgan fingerprint density at radius 1 is 1.00 bits per heavy atom. The topological polar surface area (TPSA) is 63.2 Å². The third-order valence-corrected chi connectivity index (χ3v) is 3.37. The SMILES string of the molecule is O=C(NCc1cccc(C(F)(F)F)c1)NCc1cccnc1OCC(F)(F)F.